The van der Waals surface area contributed by atoms with Gasteiger partial charge < -0.3 is 4.89 Å². The molecule has 100 valence electrons. The van der Waals surface area contributed by atoms with Gasteiger partial charge in [-0.1, -0.05) is 39.5 Å². The second kappa shape index (κ2) is 12.1. The Kier molecular flexibility index (Phi) is 14.3. The molecule has 0 heterocycles. The van der Waals surface area contributed by atoms with E-state index in [-0.39, 0.29) is 17.1 Å². The zero-order valence-corrected chi connectivity index (χ0v) is 12.1. The molecule has 0 atom stereocenters. The molecule has 0 bridgehead atoms. The first-order chi connectivity index (χ1) is 7.12. The minimum Gasteiger partial charge on any atom is -0.302 e. The van der Waals surface area contributed by atoms with Crippen LogP contribution in [-0.2, 0) is 30.7 Å². The average Bonchev–Trinajstić information content (AvgIpc) is 2.20. The molecule has 0 aliphatic heterocycles. The fourth-order valence-corrected chi connectivity index (χ4v) is 1.90. The molecule has 0 aliphatic carbocycles. The van der Waals surface area contributed by atoms with Crippen LogP contribution in [0.3, 0.4) is 0 Å². The van der Waals surface area contributed by atoms with E-state index in [0.29, 0.717) is 13.2 Å². The van der Waals surface area contributed by atoms with Crippen molar-refractivity contribution in [3.8, 4) is 0 Å². The van der Waals surface area contributed by atoms with Crippen LogP contribution in [0.2, 0.25) is 0 Å². The van der Waals surface area contributed by atoms with Crippen LogP contribution in [0.5, 0.6) is 0 Å². The van der Waals surface area contributed by atoms with Crippen LogP contribution in [0.4, 0.5) is 0 Å². The van der Waals surface area contributed by atoms with Crippen molar-refractivity contribution in [2.75, 3.05) is 13.2 Å². The maximum atomic E-state index is 11.3. The molecule has 6 heteroatoms. The molecule has 0 spiro atoms. The number of phosphoric acid groups is 1. The summed E-state index contributed by atoms with van der Waals surface area (Å²) in [5.74, 6) is 0. The molecule has 0 rings (SSSR count). The number of rotatable bonds is 10. The molecular formula is C10H23FeO4P. The molecule has 0 unspecified atom stereocenters. The van der Waals surface area contributed by atoms with Crippen LogP contribution in [-0.4, -0.2) is 18.1 Å². The third kappa shape index (κ3) is 12.7. The van der Waals surface area contributed by atoms with Gasteiger partial charge in [0.15, 0.2) is 0 Å². The van der Waals surface area contributed by atoms with Crippen LogP contribution in [0, 0.1) is 0 Å². The van der Waals surface area contributed by atoms with Gasteiger partial charge in [0.25, 0.3) is 0 Å². The Bertz CT molecular complexity index is 174. The molecule has 0 aromatic carbocycles. The van der Waals surface area contributed by atoms with Gasteiger partial charge in [-0.2, -0.15) is 0 Å². The van der Waals surface area contributed by atoms with E-state index in [1.165, 1.54) is 0 Å². The van der Waals surface area contributed by atoms with Crippen LogP contribution >= 0.6 is 7.82 Å². The number of phosphoric ester groups is 1. The van der Waals surface area contributed by atoms with Gasteiger partial charge in [-0.05, 0) is 12.8 Å². The van der Waals surface area contributed by atoms with Crippen molar-refractivity contribution >= 4 is 7.82 Å². The smallest absolute Gasteiger partial charge is 0.302 e. The molecule has 0 fully saturated rings. The molecule has 0 radical (unpaired) electrons. The van der Waals surface area contributed by atoms with Gasteiger partial charge in [0, 0.05) is 17.1 Å². The van der Waals surface area contributed by atoms with Crippen molar-refractivity contribution < 1.29 is 35.6 Å². The zero-order valence-electron chi connectivity index (χ0n) is 10.1. The van der Waals surface area contributed by atoms with E-state index in [9.17, 15) is 9.46 Å². The summed E-state index contributed by atoms with van der Waals surface area (Å²) in [5.41, 5.74) is 0. The maximum Gasteiger partial charge on any atom is 0.472 e. The van der Waals surface area contributed by atoms with E-state index in [4.69, 9.17) is 9.05 Å². The summed E-state index contributed by atoms with van der Waals surface area (Å²) in [4.78, 5) is 9.22. The number of unbranched alkanes of at least 4 members (excludes halogenated alkanes) is 4. The molecule has 0 aromatic rings. The van der Waals surface area contributed by atoms with Crippen LogP contribution in [0.1, 0.15) is 52.4 Å². The maximum absolute atomic E-state index is 11.3. The van der Waals surface area contributed by atoms with Gasteiger partial charge in [-0.15, -0.1) is 0 Å². The molecular weight excluding hydrogens is 271 g/mol. The van der Waals surface area contributed by atoms with Crippen molar-refractivity contribution in [2.24, 2.45) is 0 Å². The first-order valence-electron chi connectivity index (χ1n) is 5.74. The van der Waals surface area contributed by atoms with Gasteiger partial charge in [0.05, 0.1) is 13.2 Å². The topological polar surface area (TPSA) is 55.8 Å². The molecule has 0 aliphatic rings. The Hall–Kier alpha value is 0.629. The summed E-state index contributed by atoms with van der Waals surface area (Å²) in [7, 11) is -3.77. The first-order valence-corrected chi connectivity index (χ1v) is 7.23. The Labute approximate surface area is 109 Å². The van der Waals surface area contributed by atoms with Crippen molar-refractivity contribution in [3.05, 3.63) is 0 Å². The first kappa shape index (κ1) is 19.0. The summed E-state index contributed by atoms with van der Waals surface area (Å²) in [6.45, 7) is 4.74. The molecule has 4 nitrogen and oxygen atoms in total. The van der Waals surface area contributed by atoms with Gasteiger partial charge in [-0.25, -0.2) is 4.57 Å². The van der Waals surface area contributed by atoms with Gasteiger partial charge in [0.2, 0.25) is 0 Å². The SMILES string of the molecule is CCCCCOP(=O)(O)OCCCCC.[Fe]. The monoisotopic (exact) mass is 294 g/mol. The van der Waals surface area contributed by atoms with E-state index < -0.39 is 7.82 Å². The van der Waals surface area contributed by atoms with Gasteiger partial charge in [0.1, 0.15) is 0 Å². The summed E-state index contributed by atoms with van der Waals surface area (Å²) in [6.07, 6.45) is 5.76. The molecule has 0 saturated heterocycles. The van der Waals surface area contributed by atoms with Crippen LogP contribution in [0.15, 0.2) is 0 Å². The standard InChI is InChI=1S/C10H23O4P.Fe/c1-3-5-7-9-13-15(11,12)14-10-8-6-4-2;/h3-10H2,1-2H3,(H,11,12);. The van der Waals surface area contributed by atoms with E-state index in [1.54, 1.807) is 0 Å². The normalized spacial score (nSPS) is 11.2. The third-order valence-electron chi connectivity index (χ3n) is 2.00. The molecule has 0 aromatic heterocycles. The second-order valence-electron chi connectivity index (χ2n) is 3.55. The van der Waals surface area contributed by atoms with E-state index in [2.05, 4.69) is 13.8 Å². The van der Waals surface area contributed by atoms with E-state index in [0.717, 1.165) is 38.5 Å². The number of hydrogen-bond donors (Lipinski definition) is 1. The molecule has 16 heavy (non-hydrogen) atoms. The Morgan fingerprint density at radius 2 is 1.31 bits per heavy atom. The second-order valence-corrected chi connectivity index (χ2v) is 5.00. The summed E-state index contributed by atoms with van der Waals surface area (Å²) >= 11 is 0. The third-order valence-corrected chi connectivity index (χ3v) is 3.02. The fourth-order valence-electron chi connectivity index (χ4n) is 1.10. The predicted octanol–water partition coefficient (Wildman–Crippen LogP) is 3.50. The zero-order chi connectivity index (χ0) is 11.6. The summed E-state index contributed by atoms with van der Waals surface area (Å²) in [6, 6.07) is 0. The van der Waals surface area contributed by atoms with Crippen molar-refractivity contribution in [1.82, 2.24) is 0 Å². The largest absolute Gasteiger partial charge is 0.472 e. The Morgan fingerprint density at radius 3 is 1.62 bits per heavy atom. The van der Waals surface area contributed by atoms with Crippen molar-refractivity contribution in [2.45, 2.75) is 52.4 Å². The quantitative estimate of drug-likeness (QED) is 0.380. The summed E-state index contributed by atoms with van der Waals surface area (Å²) < 4.78 is 20.9. The van der Waals surface area contributed by atoms with Crippen LogP contribution < -0.4 is 0 Å². The molecule has 0 saturated carbocycles. The van der Waals surface area contributed by atoms with Gasteiger partial charge in [-0.3, -0.25) is 9.05 Å². The Morgan fingerprint density at radius 1 is 0.938 bits per heavy atom. The van der Waals surface area contributed by atoms with Crippen molar-refractivity contribution in [3.63, 3.8) is 0 Å². The molecule has 1 N–H and O–H groups in total. The van der Waals surface area contributed by atoms with E-state index >= 15 is 0 Å². The minimum absolute atomic E-state index is 0. The average molecular weight is 294 g/mol. The summed E-state index contributed by atoms with van der Waals surface area (Å²) in [5, 5.41) is 0. The van der Waals surface area contributed by atoms with Gasteiger partial charge >= 0.3 is 7.82 Å². The molecule has 0 amide bonds. The fraction of sp³-hybridized carbons (Fsp3) is 1.00. The minimum atomic E-state index is -3.77. The number of hydrogen-bond acceptors (Lipinski definition) is 3. The predicted molar refractivity (Wildman–Crippen MR) is 60.8 cm³/mol. The van der Waals surface area contributed by atoms with Crippen molar-refractivity contribution in [1.29, 1.82) is 0 Å². The van der Waals surface area contributed by atoms with E-state index in [1.807, 2.05) is 0 Å². The Balaban J connectivity index is 0. The van der Waals surface area contributed by atoms with Crippen LogP contribution in [0.25, 0.3) is 0 Å².